The van der Waals surface area contributed by atoms with Crippen LogP contribution in [-0.2, 0) is 20.8 Å². The first-order chi connectivity index (χ1) is 14.5. The molecule has 7 nitrogen and oxygen atoms in total. The largest absolute Gasteiger partial charge is 0.480 e. The molecule has 0 radical (unpaired) electrons. The fourth-order valence-electron chi connectivity index (χ4n) is 4.26. The zero-order chi connectivity index (χ0) is 22.6. The second-order valence-electron chi connectivity index (χ2n) is 8.08. The van der Waals surface area contributed by atoms with Crippen LogP contribution < -0.4 is 4.90 Å². The maximum atomic E-state index is 13.4. The van der Waals surface area contributed by atoms with Crippen molar-refractivity contribution in [1.82, 2.24) is 9.78 Å². The third-order valence-electron chi connectivity index (χ3n) is 6.04. The molecule has 0 amide bonds. The fourth-order valence-corrected chi connectivity index (χ4v) is 6.17. The summed E-state index contributed by atoms with van der Waals surface area (Å²) in [5.41, 5.74) is -0.574. The van der Waals surface area contributed by atoms with E-state index in [4.69, 9.17) is 0 Å². The van der Waals surface area contributed by atoms with Gasteiger partial charge in [0.2, 0.25) is 0 Å². The van der Waals surface area contributed by atoms with Gasteiger partial charge in [0.25, 0.3) is 0 Å². The maximum Gasteiger partial charge on any atom is 0.417 e. The Hall–Kier alpha value is -2.56. The van der Waals surface area contributed by atoms with Crippen molar-refractivity contribution in [2.24, 2.45) is 0 Å². The van der Waals surface area contributed by atoms with Crippen molar-refractivity contribution in [3.8, 4) is 0 Å². The summed E-state index contributed by atoms with van der Waals surface area (Å²) in [6, 6.07) is 4.66. The van der Waals surface area contributed by atoms with E-state index >= 15 is 0 Å². The maximum absolute atomic E-state index is 13.4. The Kier molecular flexibility index (Phi) is 5.27. The van der Waals surface area contributed by atoms with Gasteiger partial charge < -0.3 is 10.0 Å². The smallest absolute Gasteiger partial charge is 0.417 e. The van der Waals surface area contributed by atoms with Crippen molar-refractivity contribution in [3.05, 3.63) is 41.6 Å². The predicted octanol–water partition coefficient (Wildman–Crippen LogP) is 3.44. The Bertz CT molecular complexity index is 1110. The highest BCUT2D eigenvalue weighted by Gasteiger charge is 2.47. The van der Waals surface area contributed by atoms with Crippen LogP contribution in [0, 0.1) is 6.92 Å². The van der Waals surface area contributed by atoms with Gasteiger partial charge in [0.1, 0.15) is 11.9 Å². The lowest BCUT2D eigenvalue weighted by atomic mass is 9.93. The Labute approximate surface area is 177 Å². The van der Waals surface area contributed by atoms with E-state index in [-0.39, 0.29) is 19.0 Å². The second kappa shape index (κ2) is 7.54. The molecule has 2 aromatic rings. The first kappa shape index (κ1) is 21.7. The Balaban J connectivity index is 1.72. The summed E-state index contributed by atoms with van der Waals surface area (Å²) in [5.74, 6) is -0.725. The molecule has 0 bridgehead atoms. The van der Waals surface area contributed by atoms with E-state index in [2.05, 4.69) is 5.10 Å². The number of rotatable bonds is 5. The van der Waals surface area contributed by atoms with Crippen LogP contribution in [-0.4, -0.2) is 47.1 Å². The van der Waals surface area contributed by atoms with E-state index in [0.29, 0.717) is 11.5 Å². The SMILES string of the molecule is Cc1cc(N2C[C@H](S(=O)(=O)c3ccccc3C(F)(F)F)C[C@@H]2C(=O)O)n(C2CCC2)n1. The normalized spacial score (nSPS) is 22.5. The van der Waals surface area contributed by atoms with Gasteiger partial charge in [-0.2, -0.15) is 18.3 Å². The lowest BCUT2D eigenvalue weighted by Gasteiger charge is -2.31. The molecular formula is C20H22F3N3O4S. The molecule has 2 atom stereocenters. The molecule has 1 N–H and O–H groups in total. The van der Waals surface area contributed by atoms with E-state index in [0.717, 1.165) is 37.5 Å². The van der Waals surface area contributed by atoms with Crippen LogP contribution in [0.15, 0.2) is 35.2 Å². The molecule has 1 aliphatic carbocycles. The molecule has 0 unspecified atom stereocenters. The average molecular weight is 457 g/mol. The van der Waals surface area contributed by atoms with Gasteiger partial charge in [-0.05, 0) is 44.7 Å². The fraction of sp³-hybridized carbons (Fsp3) is 0.500. The second-order valence-corrected chi connectivity index (χ2v) is 10.3. The lowest BCUT2D eigenvalue weighted by Crippen LogP contribution is -2.38. The van der Waals surface area contributed by atoms with Crippen molar-refractivity contribution in [3.63, 3.8) is 0 Å². The minimum Gasteiger partial charge on any atom is -0.480 e. The topological polar surface area (TPSA) is 92.5 Å². The van der Waals surface area contributed by atoms with E-state index in [1.54, 1.807) is 17.7 Å². The summed E-state index contributed by atoms with van der Waals surface area (Å²) in [7, 11) is -4.43. The van der Waals surface area contributed by atoms with E-state index in [9.17, 15) is 31.5 Å². The molecule has 2 fully saturated rings. The number of halogens is 3. The number of hydrogen-bond acceptors (Lipinski definition) is 5. The van der Waals surface area contributed by atoms with E-state index in [1.807, 2.05) is 0 Å². The van der Waals surface area contributed by atoms with Gasteiger partial charge in [-0.3, -0.25) is 0 Å². The summed E-state index contributed by atoms with van der Waals surface area (Å²) in [5, 5.41) is 12.9. The van der Waals surface area contributed by atoms with Crippen molar-refractivity contribution in [2.45, 2.75) is 61.0 Å². The Morgan fingerprint density at radius 2 is 1.90 bits per heavy atom. The molecule has 4 rings (SSSR count). The minimum atomic E-state index is -4.84. The minimum absolute atomic E-state index is 0.111. The molecule has 1 aliphatic heterocycles. The standard InChI is InChI=1S/C20H22F3N3O4S/c1-12-9-18(26(24-12)13-5-4-6-13)25-11-14(10-16(25)19(27)28)31(29,30)17-8-3-2-7-15(17)20(21,22)23/h2-3,7-9,13-14,16H,4-6,10-11H2,1H3,(H,27,28)/t14-,16-/m1/s1. The highest BCUT2D eigenvalue weighted by Crippen LogP contribution is 2.40. The van der Waals surface area contributed by atoms with Crippen LogP contribution in [0.3, 0.4) is 0 Å². The predicted molar refractivity (Wildman–Crippen MR) is 106 cm³/mol. The number of sulfone groups is 1. The number of carboxylic acids is 1. The quantitative estimate of drug-likeness (QED) is 0.740. The summed E-state index contributed by atoms with van der Waals surface area (Å²) in [6.45, 7) is 1.54. The Morgan fingerprint density at radius 1 is 1.23 bits per heavy atom. The van der Waals surface area contributed by atoms with Crippen LogP contribution in [0.4, 0.5) is 19.0 Å². The van der Waals surface area contributed by atoms with Gasteiger partial charge in [-0.25, -0.2) is 17.9 Å². The van der Waals surface area contributed by atoms with Crippen molar-refractivity contribution in [1.29, 1.82) is 0 Å². The van der Waals surface area contributed by atoms with Gasteiger partial charge in [0, 0.05) is 12.6 Å². The molecule has 1 aromatic heterocycles. The molecule has 168 valence electrons. The first-order valence-corrected chi connectivity index (χ1v) is 11.5. The number of aryl methyl sites for hydroxylation is 1. The molecular weight excluding hydrogens is 435 g/mol. The molecule has 1 saturated heterocycles. The molecule has 2 aliphatic rings. The summed E-state index contributed by atoms with van der Waals surface area (Å²) >= 11 is 0. The van der Waals surface area contributed by atoms with Gasteiger partial charge in [0.05, 0.1) is 27.4 Å². The average Bonchev–Trinajstić information content (AvgIpc) is 3.24. The highest BCUT2D eigenvalue weighted by molar-refractivity contribution is 7.92. The molecule has 1 aromatic carbocycles. The molecule has 0 spiro atoms. The number of aliphatic carboxylic acids is 1. The zero-order valence-electron chi connectivity index (χ0n) is 16.7. The lowest BCUT2D eigenvalue weighted by molar-refractivity contribution is -0.140. The number of alkyl halides is 3. The van der Waals surface area contributed by atoms with Gasteiger partial charge in [-0.15, -0.1) is 0 Å². The Morgan fingerprint density at radius 3 is 2.48 bits per heavy atom. The van der Waals surface area contributed by atoms with Gasteiger partial charge >= 0.3 is 12.1 Å². The number of aromatic nitrogens is 2. The van der Waals surface area contributed by atoms with Crippen LogP contribution >= 0.6 is 0 Å². The van der Waals surface area contributed by atoms with Gasteiger partial charge in [0.15, 0.2) is 9.84 Å². The van der Waals surface area contributed by atoms with E-state index in [1.165, 1.54) is 11.0 Å². The van der Waals surface area contributed by atoms with Crippen LogP contribution in [0.2, 0.25) is 0 Å². The third kappa shape index (κ3) is 3.79. The number of carbonyl (C=O) groups is 1. The van der Waals surface area contributed by atoms with Crippen LogP contribution in [0.1, 0.15) is 43.0 Å². The number of anilines is 1. The van der Waals surface area contributed by atoms with Crippen molar-refractivity contribution < 1.29 is 31.5 Å². The zero-order valence-corrected chi connectivity index (χ0v) is 17.5. The van der Waals surface area contributed by atoms with Crippen molar-refractivity contribution in [2.75, 3.05) is 11.4 Å². The third-order valence-corrected chi connectivity index (χ3v) is 8.23. The summed E-state index contributed by atoms with van der Waals surface area (Å²) in [6.07, 6.45) is -2.34. The van der Waals surface area contributed by atoms with Crippen molar-refractivity contribution >= 4 is 21.6 Å². The number of carboxylic acid groups (broad SMARTS) is 1. The van der Waals surface area contributed by atoms with E-state index < -0.39 is 43.7 Å². The highest BCUT2D eigenvalue weighted by atomic mass is 32.2. The summed E-state index contributed by atoms with van der Waals surface area (Å²) in [4.78, 5) is 12.6. The number of hydrogen-bond donors (Lipinski definition) is 1. The van der Waals surface area contributed by atoms with Gasteiger partial charge in [-0.1, -0.05) is 12.1 Å². The number of benzene rings is 1. The molecule has 11 heteroatoms. The molecule has 31 heavy (non-hydrogen) atoms. The molecule has 2 heterocycles. The summed E-state index contributed by atoms with van der Waals surface area (Å²) < 4.78 is 68.4. The monoisotopic (exact) mass is 457 g/mol. The van der Waals surface area contributed by atoms with Crippen LogP contribution in [0.25, 0.3) is 0 Å². The molecule has 1 saturated carbocycles. The first-order valence-electron chi connectivity index (χ1n) is 9.96. The van der Waals surface area contributed by atoms with Crippen LogP contribution in [0.5, 0.6) is 0 Å². The number of nitrogens with zero attached hydrogens (tertiary/aromatic N) is 3.